The Kier molecular flexibility index (Phi) is 7.31. The van der Waals surface area contributed by atoms with Gasteiger partial charge in [0.15, 0.2) is 5.17 Å². The van der Waals surface area contributed by atoms with Crippen molar-refractivity contribution in [3.05, 3.63) is 82.0 Å². The Balaban J connectivity index is 1.65. The number of carbonyl (C=O) groups excluding carboxylic acids is 2. The number of methoxy groups -OCH3 is 1. The summed E-state index contributed by atoms with van der Waals surface area (Å²) in [4.78, 5) is 32.9. The number of thioether (sulfide) groups is 1. The van der Waals surface area contributed by atoms with E-state index >= 15 is 0 Å². The number of nitrogens with zero attached hydrogens (tertiary/aromatic N) is 2. The second-order valence-corrected chi connectivity index (χ2v) is 9.55. The average Bonchev–Trinajstić information content (AvgIpc) is 3.19. The molecule has 2 aliphatic heterocycles. The molecule has 7 nitrogen and oxygen atoms in total. The maximum Gasteiger partial charge on any atom is 0.338 e. The third-order valence-corrected chi connectivity index (χ3v) is 6.51. The third-order valence-electron chi connectivity index (χ3n) is 5.62. The maximum atomic E-state index is 13.2. The van der Waals surface area contributed by atoms with Gasteiger partial charge in [-0.05, 0) is 50.8 Å². The van der Waals surface area contributed by atoms with Gasteiger partial charge in [0.05, 0.1) is 36.9 Å². The molecule has 0 spiro atoms. The van der Waals surface area contributed by atoms with Gasteiger partial charge in [-0.1, -0.05) is 47.7 Å². The highest BCUT2D eigenvalue weighted by Crippen LogP contribution is 2.45. The number of rotatable bonds is 7. The fourth-order valence-corrected chi connectivity index (χ4v) is 5.10. The van der Waals surface area contributed by atoms with E-state index in [1.807, 2.05) is 74.4 Å². The molecule has 4 rings (SSSR count). The zero-order chi connectivity index (χ0) is 25.1. The summed E-state index contributed by atoms with van der Waals surface area (Å²) in [6.45, 7) is 7.50. The van der Waals surface area contributed by atoms with E-state index in [1.165, 1.54) is 11.8 Å². The van der Waals surface area contributed by atoms with Gasteiger partial charge >= 0.3 is 5.97 Å². The summed E-state index contributed by atoms with van der Waals surface area (Å²) in [5.41, 5.74) is 4.54. The van der Waals surface area contributed by atoms with Crippen LogP contribution in [-0.4, -0.2) is 35.2 Å². The highest BCUT2D eigenvalue weighted by Gasteiger charge is 2.41. The van der Waals surface area contributed by atoms with Crippen molar-refractivity contribution in [2.24, 2.45) is 4.99 Å². The van der Waals surface area contributed by atoms with Crippen LogP contribution in [0, 0.1) is 6.92 Å². The molecule has 0 radical (unpaired) electrons. The largest absolute Gasteiger partial charge is 0.497 e. The van der Waals surface area contributed by atoms with E-state index in [2.05, 4.69) is 11.4 Å². The van der Waals surface area contributed by atoms with Gasteiger partial charge in [-0.2, -0.15) is 0 Å². The molecule has 2 aromatic rings. The number of aliphatic imine (C=N–C) groups is 1. The van der Waals surface area contributed by atoms with Crippen molar-refractivity contribution >= 4 is 34.5 Å². The summed E-state index contributed by atoms with van der Waals surface area (Å²) < 4.78 is 10.8. The number of carbonyl (C=O) groups is 2. The lowest BCUT2D eigenvalue weighted by molar-refractivity contribution is -0.143. The van der Waals surface area contributed by atoms with Crippen molar-refractivity contribution in [2.75, 3.05) is 12.4 Å². The van der Waals surface area contributed by atoms with Crippen molar-refractivity contribution in [1.82, 2.24) is 4.90 Å². The fraction of sp³-hybridized carbons (Fsp3) is 0.296. The molecule has 0 saturated carbocycles. The number of hydrogen-bond acceptors (Lipinski definition) is 7. The molecule has 182 valence electrons. The minimum atomic E-state index is -0.445. The summed E-state index contributed by atoms with van der Waals surface area (Å²) in [5, 5.41) is 5.60. The van der Waals surface area contributed by atoms with Gasteiger partial charge in [0.2, 0.25) is 5.91 Å². The van der Waals surface area contributed by atoms with Crippen LogP contribution >= 0.6 is 11.8 Å². The zero-order valence-electron chi connectivity index (χ0n) is 20.5. The molecule has 0 saturated heterocycles. The summed E-state index contributed by atoms with van der Waals surface area (Å²) in [5.74, 6) is 0.0909. The van der Waals surface area contributed by atoms with E-state index in [0.29, 0.717) is 22.7 Å². The van der Waals surface area contributed by atoms with Crippen LogP contribution in [-0.2, 0) is 14.3 Å². The van der Waals surface area contributed by atoms with Crippen LogP contribution in [0.1, 0.15) is 44.4 Å². The van der Waals surface area contributed by atoms with E-state index in [-0.39, 0.29) is 18.4 Å². The molecule has 2 heterocycles. The minimum absolute atomic E-state index is 0.122. The molecule has 1 atom stereocenters. The molecule has 1 N–H and O–H groups in total. The number of ether oxygens (including phenoxy) is 2. The number of benzene rings is 2. The van der Waals surface area contributed by atoms with Crippen molar-refractivity contribution < 1.29 is 19.1 Å². The number of fused-ring (bicyclic) bond motifs is 1. The summed E-state index contributed by atoms with van der Waals surface area (Å²) >= 11 is 1.45. The summed E-state index contributed by atoms with van der Waals surface area (Å²) in [6, 6.07) is 14.8. The first-order chi connectivity index (χ1) is 16.8. The number of hydrogen-bond donors (Lipinski definition) is 1. The monoisotopic (exact) mass is 491 g/mol. The third kappa shape index (κ3) is 5.43. The van der Waals surface area contributed by atoms with Gasteiger partial charge in [-0.25, -0.2) is 9.79 Å². The molecular weight excluding hydrogens is 462 g/mol. The molecule has 2 aromatic carbocycles. The first-order valence-electron chi connectivity index (χ1n) is 11.4. The second kappa shape index (κ2) is 10.4. The van der Waals surface area contributed by atoms with Crippen molar-refractivity contribution in [3.8, 4) is 5.75 Å². The van der Waals surface area contributed by atoms with Crippen LogP contribution in [0.25, 0.3) is 0 Å². The molecular formula is C27H29N3O4S. The second-order valence-electron chi connectivity index (χ2n) is 8.72. The van der Waals surface area contributed by atoms with Crippen LogP contribution in [0.4, 0.5) is 5.69 Å². The Hall–Kier alpha value is -3.52. The van der Waals surface area contributed by atoms with E-state index in [1.54, 1.807) is 13.2 Å². The first-order valence-corrected chi connectivity index (χ1v) is 12.3. The van der Waals surface area contributed by atoms with Gasteiger partial charge < -0.3 is 19.7 Å². The van der Waals surface area contributed by atoms with Gasteiger partial charge in [0, 0.05) is 17.5 Å². The van der Waals surface area contributed by atoms with Crippen molar-refractivity contribution in [3.63, 3.8) is 0 Å². The van der Waals surface area contributed by atoms with Crippen molar-refractivity contribution in [1.29, 1.82) is 0 Å². The highest BCUT2D eigenvalue weighted by atomic mass is 32.2. The Bertz CT molecular complexity index is 1250. The predicted molar refractivity (Wildman–Crippen MR) is 139 cm³/mol. The number of allylic oxidation sites excluding steroid dienone is 1. The molecule has 0 aliphatic carbocycles. The van der Waals surface area contributed by atoms with Gasteiger partial charge in [0.1, 0.15) is 5.75 Å². The zero-order valence-corrected chi connectivity index (χ0v) is 21.3. The Labute approximate surface area is 209 Å². The quantitative estimate of drug-likeness (QED) is 0.511. The van der Waals surface area contributed by atoms with Crippen LogP contribution in [0.3, 0.4) is 0 Å². The molecule has 8 heteroatoms. The minimum Gasteiger partial charge on any atom is -0.497 e. The van der Waals surface area contributed by atoms with Crippen LogP contribution in [0.5, 0.6) is 5.75 Å². The molecule has 0 bridgehead atoms. The Morgan fingerprint density at radius 2 is 1.91 bits per heavy atom. The lowest BCUT2D eigenvalue weighted by Crippen LogP contribution is -2.37. The molecule has 0 fully saturated rings. The summed E-state index contributed by atoms with van der Waals surface area (Å²) in [7, 11) is 1.58. The topological polar surface area (TPSA) is 80.2 Å². The fourth-order valence-electron chi connectivity index (χ4n) is 4.13. The number of amidine groups is 1. The number of esters is 1. The van der Waals surface area contributed by atoms with Crippen molar-refractivity contribution in [2.45, 2.75) is 46.3 Å². The number of anilines is 1. The SMILES string of the molecule is COc1cccc(NC(=O)CC2=CSC3=NC(C)=C(C(=O)OC(C)C)[C@H](c4cccc(C)c4)N23)c1. The maximum absolute atomic E-state index is 13.2. The van der Waals surface area contributed by atoms with Gasteiger partial charge in [0.25, 0.3) is 0 Å². The lowest BCUT2D eigenvalue weighted by atomic mass is 9.93. The standard InChI is InChI=1S/C27H29N3O4S/c1-16(2)34-26(32)24-18(4)28-27-30(25(24)19-9-6-8-17(3)12-19)21(15-35-27)14-23(31)29-20-10-7-11-22(13-20)33-5/h6-13,15-16,25H,14H2,1-5H3,(H,29,31)/t25-/m0/s1. The van der Waals surface area contributed by atoms with E-state index in [0.717, 1.165) is 22.0 Å². The molecule has 35 heavy (non-hydrogen) atoms. The van der Waals surface area contributed by atoms with E-state index in [4.69, 9.17) is 14.5 Å². The van der Waals surface area contributed by atoms with Gasteiger partial charge in [-0.3, -0.25) is 4.79 Å². The van der Waals surface area contributed by atoms with Crippen LogP contribution < -0.4 is 10.1 Å². The smallest absolute Gasteiger partial charge is 0.338 e. The Morgan fingerprint density at radius 3 is 2.63 bits per heavy atom. The van der Waals surface area contributed by atoms with Gasteiger partial charge in [-0.15, -0.1) is 0 Å². The first kappa shape index (κ1) is 24.6. The van der Waals surface area contributed by atoms with Crippen LogP contribution in [0.2, 0.25) is 0 Å². The van der Waals surface area contributed by atoms with Crippen LogP contribution in [0.15, 0.2) is 75.9 Å². The average molecular weight is 492 g/mol. The predicted octanol–water partition coefficient (Wildman–Crippen LogP) is 5.56. The normalized spacial score (nSPS) is 17.1. The highest BCUT2D eigenvalue weighted by molar-refractivity contribution is 8.16. The molecule has 2 aliphatic rings. The lowest BCUT2D eigenvalue weighted by Gasteiger charge is -2.36. The molecule has 0 unspecified atom stereocenters. The number of nitrogens with one attached hydrogen (secondary N) is 1. The van der Waals surface area contributed by atoms with E-state index < -0.39 is 12.0 Å². The number of amides is 1. The van der Waals surface area contributed by atoms with E-state index in [9.17, 15) is 9.59 Å². The molecule has 0 aromatic heterocycles. The molecule has 1 amide bonds. The summed E-state index contributed by atoms with van der Waals surface area (Å²) in [6.07, 6.45) is -0.139. The Morgan fingerprint density at radius 1 is 1.14 bits per heavy atom. The number of aryl methyl sites for hydroxylation is 1.